The topological polar surface area (TPSA) is 15.3 Å². The lowest BCUT2D eigenvalue weighted by Gasteiger charge is -2.25. The third-order valence-corrected chi connectivity index (χ3v) is 3.81. The summed E-state index contributed by atoms with van der Waals surface area (Å²) < 4.78 is 0. The maximum absolute atomic E-state index is 3.56. The zero-order chi connectivity index (χ0) is 12.1. The molecule has 1 saturated heterocycles. The van der Waals surface area contributed by atoms with Gasteiger partial charge in [0.2, 0.25) is 0 Å². The third kappa shape index (κ3) is 4.42. The molecule has 2 nitrogen and oxygen atoms in total. The highest BCUT2D eigenvalue weighted by molar-refractivity contribution is 4.81. The average molecular weight is 226 g/mol. The fourth-order valence-electron chi connectivity index (χ4n) is 2.47. The Morgan fingerprint density at radius 2 is 1.81 bits per heavy atom. The Labute approximate surface area is 102 Å². The Morgan fingerprint density at radius 1 is 1.12 bits per heavy atom. The SMILES string of the molecule is CC(C)CNCC(C)N1CCC(C(C)C)C1. The molecular weight excluding hydrogens is 196 g/mol. The first-order valence-electron chi connectivity index (χ1n) is 6.95. The maximum Gasteiger partial charge on any atom is 0.0192 e. The summed E-state index contributed by atoms with van der Waals surface area (Å²) in [7, 11) is 0. The van der Waals surface area contributed by atoms with E-state index in [-0.39, 0.29) is 0 Å². The summed E-state index contributed by atoms with van der Waals surface area (Å²) >= 11 is 0. The second kappa shape index (κ2) is 6.61. The Bertz CT molecular complexity index is 189. The fraction of sp³-hybridized carbons (Fsp3) is 1.00. The molecule has 0 aromatic rings. The van der Waals surface area contributed by atoms with Crippen molar-refractivity contribution >= 4 is 0 Å². The summed E-state index contributed by atoms with van der Waals surface area (Å²) in [4.78, 5) is 2.65. The van der Waals surface area contributed by atoms with Crippen molar-refractivity contribution < 1.29 is 0 Å². The molecule has 0 aliphatic carbocycles. The summed E-state index contributed by atoms with van der Waals surface area (Å²) in [6, 6.07) is 0.697. The molecule has 0 aromatic carbocycles. The minimum atomic E-state index is 0.697. The van der Waals surface area contributed by atoms with E-state index in [0.29, 0.717) is 6.04 Å². The van der Waals surface area contributed by atoms with Crippen LogP contribution in [0.25, 0.3) is 0 Å². The Balaban J connectivity index is 2.20. The zero-order valence-electron chi connectivity index (χ0n) is 11.8. The van der Waals surface area contributed by atoms with E-state index in [0.717, 1.165) is 30.8 Å². The van der Waals surface area contributed by atoms with Crippen LogP contribution in [-0.4, -0.2) is 37.1 Å². The minimum Gasteiger partial charge on any atom is -0.315 e. The number of hydrogen-bond donors (Lipinski definition) is 1. The molecule has 1 rings (SSSR count). The first kappa shape index (κ1) is 14.0. The van der Waals surface area contributed by atoms with Gasteiger partial charge in [0.1, 0.15) is 0 Å². The summed E-state index contributed by atoms with van der Waals surface area (Å²) in [5, 5.41) is 3.56. The minimum absolute atomic E-state index is 0.697. The van der Waals surface area contributed by atoms with E-state index in [9.17, 15) is 0 Å². The van der Waals surface area contributed by atoms with Crippen molar-refractivity contribution in [3.05, 3.63) is 0 Å². The molecule has 1 heterocycles. The largest absolute Gasteiger partial charge is 0.315 e. The van der Waals surface area contributed by atoms with E-state index >= 15 is 0 Å². The smallest absolute Gasteiger partial charge is 0.0192 e. The number of rotatable bonds is 6. The summed E-state index contributed by atoms with van der Waals surface area (Å²) in [6.07, 6.45) is 1.40. The molecule has 2 unspecified atom stereocenters. The van der Waals surface area contributed by atoms with Gasteiger partial charge in [0.05, 0.1) is 0 Å². The standard InChI is InChI=1S/C14H30N2/c1-11(2)8-15-9-13(5)16-7-6-14(10-16)12(3)4/h11-15H,6-10H2,1-5H3. The molecule has 0 saturated carbocycles. The second-order valence-electron chi connectivity index (χ2n) is 6.19. The number of nitrogens with one attached hydrogen (secondary N) is 1. The quantitative estimate of drug-likeness (QED) is 0.749. The first-order valence-corrected chi connectivity index (χ1v) is 6.95. The van der Waals surface area contributed by atoms with Crippen molar-refractivity contribution in [2.24, 2.45) is 17.8 Å². The van der Waals surface area contributed by atoms with Gasteiger partial charge in [-0.25, -0.2) is 0 Å². The summed E-state index contributed by atoms with van der Waals surface area (Å²) in [6.45, 7) is 16.5. The molecule has 0 aromatic heterocycles. The van der Waals surface area contributed by atoms with E-state index in [2.05, 4.69) is 44.8 Å². The van der Waals surface area contributed by atoms with Crippen molar-refractivity contribution in [3.8, 4) is 0 Å². The van der Waals surface area contributed by atoms with Crippen LogP contribution in [0, 0.1) is 17.8 Å². The molecule has 96 valence electrons. The molecule has 1 aliphatic rings. The summed E-state index contributed by atoms with van der Waals surface area (Å²) in [5.74, 6) is 2.53. The van der Waals surface area contributed by atoms with Gasteiger partial charge in [0.15, 0.2) is 0 Å². The molecular formula is C14H30N2. The van der Waals surface area contributed by atoms with Gasteiger partial charge >= 0.3 is 0 Å². The van der Waals surface area contributed by atoms with Gasteiger partial charge in [0.25, 0.3) is 0 Å². The molecule has 1 N–H and O–H groups in total. The van der Waals surface area contributed by atoms with Crippen LogP contribution in [0.5, 0.6) is 0 Å². The van der Waals surface area contributed by atoms with Crippen LogP contribution in [0.3, 0.4) is 0 Å². The monoisotopic (exact) mass is 226 g/mol. The van der Waals surface area contributed by atoms with Crippen molar-refractivity contribution in [1.82, 2.24) is 10.2 Å². The molecule has 0 bridgehead atoms. The van der Waals surface area contributed by atoms with Crippen LogP contribution in [0.1, 0.15) is 41.0 Å². The lowest BCUT2D eigenvalue weighted by molar-refractivity contribution is 0.232. The molecule has 1 fully saturated rings. The molecule has 2 atom stereocenters. The van der Waals surface area contributed by atoms with E-state index in [1.807, 2.05) is 0 Å². The van der Waals surface area contributed by atoms with Gasteiger partial charge in [-0.15, -0.1) is 0 Å². The van der Waals surface area contributed by atoms with E-state index in [4.69, 9.17) is 0 Å². The van der Waals surface area contributed by atoms with Crippen molar-refractivity contribution in [2.45, 2.75) is 47.1 Å². The van der Waals surface area contributed by atoms with Gasteiger partial charge in [-0.3, -0.25) is 4.90 Å². The van der Waals surface area contributed by atoms with Crippen LogP contribution in [0.15, 0.2) is 0 Å². The molecule has 0 radical (unpaired) electrons. The predicted molar refractivity (Wildman–Crippen MR) is 71.7 cm³/mol. The van der Waals surface area contributed by atoms with E-state index < -0.39 is 0 Å². The van der Waals surface area contributed by atoms with Crippen molar-refractivity contribution in [1.29, 1.82) is 0 Å². The number of nitrogens with zero attached hydrogens (tertiary/aromatic N) is 1. The summed E-state index contributed by atoms with van der Waals surface area (Å²) in [5.41, 5.74) is 0. The Hall–Kier alpha value is -0.0800. The van der Waals surface area contributed by atoms with Gasteiger partial charge in [-0.1, -0.05) is 27.7 Å². The van der Waals surface area contributed by atoms with E-state index in [1.54, 1.807) is 0 Å². The van der Waals surface area contributed by atoms with Crippen LogP contribution >= 0.6 is 0 Å². The van der Waals surface area contributed by atoms with Crippen molar-refractivity contribution in [3.63, 3.8) is 0 Å². The van der Waals surface area contributed by atoms with Crippen LogP contribution in [0.2, 0.25) is 0 Å². The maximum atomic E-state index is 3.56. The Kier molecular flexibility index (Phi) is 5.77. The zero-order valence-corrected chi connectivity index (χ0v) is 11.8. The van der Waals surface area contributed by atoms with Gasteiger partial charge in [-0.2, -0.15) is 0 Å². The first-order chi connectivity index (χ1) is 7.50. The number of likely N-dealkylation sites (tertiary alicyclic amines) is 1. The Morgan fingerprint density at radius 3 is 2.31 bits per heavy atom. The lowest BCUT2D eigenvalue weighted by Crippen LogP contribution is -2.40. The molecule has 0 spiro atoms. The van der Waals surface area contributed by atoms with Gasteiger partial charge in [-0.05, 0) is 44.2 Å². The fourth-order valence-corrected chi connectivity index (χ4v) is 2.47. The predicted octanol–water partition coefficient (Wildman–Crippen LogP) is 2.60. The molecule has 16 heavy (non-hydrogen) atoms. The van der Waals surface area contributed by atoms with Crippen LogP contribution in [-0.2, 0) is 0 Å². The average Bonchev–Trinajstić information content (AvgIpc) is 2.65. The van der Waals surface area contributed by atoms with Gasteiger partial charge in [0, 0.05) is 19.1 Å². The normalized spacial score (nSPS) is 24.6. The highest BCUT2D eigenvalue weighted by atomic mass is 15.2. The highest BCUT2D eigenvalue weighted by Gasteiger charge is 2.27. The highest BCUT2D eigenvalue weighted by Crippen LogP contribution is 2.24. The molecule has 0 amide bonds. The molecule has 2 heteroatoms. The van der Waals surface area contributed by atoms with Gasteiger partial charge < -0.3 is 5.32 Å². The van der Waals surface area contributed by atoms with Crippen LogP contribution < -0.4 is 5.32 Å². The van der Waals surface area contributed by atoms with Crippen molar-refractivity contribution in [2.75, 3.05) is 26.2 Å². The third-order valence-electron chi connectivity index (χ3n) is 3.81. The van der Waals surface area contributed by atoms with Crippen LogP contribution in [0.4, 0.5) is 0 Å². The van der Waals surface area contributed by atoms with E-state index in [1.165, 1.54) is 19.5 Å². The second-order valence-corrected chi connectivity index (χ2v) is 6.19. The molecule has 1 aliphatic heterocycles. The number of hydrogen-bond acceptors (Lipinski definition) is 2. The lowest BCUT2D eigenvalue weighted by atomic mass is 9.95.